The summed E-state index contributed by atoms with van der Waals surface area (Å²) in [5, 5.41) is 8.55. The Bertz CT molecular complexity index is 491. The van der Waals surface area contributed by atoms with Crippen LogP contribution in [-0.2, 0) is 9.59 Å². The Balaban J connectivity index is 2.61. The van der Waals surface area contributed by atoms with Crippen LogP contribution in [-0.4, -0.2) is 23.1 Å². The lowest BCUT2D eigenvalue weighted by molar-refractivity contribution is -0.134. The summed E-state index contributed by atoms with van der Waals surface area (Å²) in [4.78, 5) is 22.8. The summed E-state index contributed by atoms with van der Waals surface area (Å²) in [7, 11) is 0. The van der Waals surface area contributed by atoms with Crippen molar-refractivity contribution in [1.82, 2.24) is 0 Å². The molecule has 1 aliphatic carbocycles. The number of fused-ring (bicyclic) bond motifs is 1. The Kier molecular flexibility index (Phi) is 2.83. The van der Waals surface area contributed by atoms with Crippen LogP contribution in [0.2, 0.25) is 0 Å². The molecule has 0 spiro atoms. The zero-order valence-corrected chi connectivity index (χ0v) is 9.45. The van der Waals surface area contributed by atoms with Crippen molar-refractivity contribution in [3.05, 3.63) is 41.0 Å². The summed E-state index contributed by atoms with van der Waals surface area (Å²) in [6.45, 7) is 0. The number of rotatable bonds is 2. The number of carbonyl (C=O) groups excluding carboxylic acids is 1. The third-order valence-corrected chi connectivity index (χ3v) is 3.49. The maximum Gasteiger partial charge on any atom is 0.339 e. The highest BCUT2D eigenvalue weighted by molar-refractivity contribution is 7.99. The summed E-state index contributed by atoms with van der Waals surface area (Å²) in [5.74, 6) is -1.47. The number of aliphatic carboxylic acids is 1. The molecule has 0 aliphatic heterocycles. The van der Waals surface area contributed by atoms with E-state index in [0.29, 0.717) is 0 Å². The molecule has 0 bridgehead atoms. The van der Waals surface area contributed by atoms with Crippen molar-refractivity contribution in [2.45, 2.75) is 5.25 Å². The van der Waals surface area contributed by atoms with Crippen LogP contribution in [0.1, 0.15) is 16.4 Å². The van der Waals surface area contributed by atoms with Crippen LogP contribution in [0.15, 0.2) is 29.8 Å². The summed E-state index contributed by atoms with van der Waals surface area (Å²) < 4.78 is 0. The second kappa shape index (κ2) is 4.14. The van der Waals surface area contributed by atoms with Crippen molar-refractivity contribution < 1.29 is 14.7 Å². The van der Waals surface area contributed by atoms with E-state index in [1.54, 1.807) is 0 Å². The first-order valence-corrected chi connectivity index (χ1v) is 6.05. The molecule has 1 aromatic rings. The Labute approximate surface area is 97.2 Å². The van der Waals surface area contributed by atoms with Crippen LogP contribution < -0.4 is 0 Å². The van der Waals surface area contributed by atoms with E-state index in [1.807, 2.05) is 30.5 Å². The van der Waals surface area contributed by atoms with Gasteiger partial charge in [-0.2, -0.15) is 0 Å². The first-order valence-electron chi connectivity index (χ1n) is 4.76. The minimum Gasteiger partial charge on any atom is -0.478 e. The lowest BCUT2D eigenvalue weighted by Gasteiger charge is -2.21. The van der Waals surface area contributed by atoms with Crippen molar-refractivity contribution >= 4 is 29.6 Å². The molecule has 1 unspecified atom stereocenters. The van der Waals surface area contributed by atoms with Crippen molar-refractivity contribution in [2.75, 3.05) is 6.26 Å². The highest BCUT2D eigenvalue weighted by Crippen LogP contribution is 2.37. The Morgan fingerprint density at radius 1 is 1.38 bits per heavy atom. The van der Waals surface area contributed by atoms with Gasteiger partial charge >= 0.3 is 5.97 Å². The standard InChI is InChI=1S/C12H10O3S/c1-16-11-8-5-3-2-4-7(8)6-9(10(11)13)12(14)15/h2-6,11H,1H3,(H,14,15). The van der Waals surface area contributed by atoms with Crippen molar-refractivity contribution in [3.8, 4) is 0 Å². The maximum atomic E-state index is 11.9. The average Bonchev–Trinajstić information content (AvgIpc) is 2.28. The number of Topliss-reactive ketones (excluding diaryl/α,β-unsaturated/α-hetero) is 1. The number of hydrogen-bond acceptors (Lipinski definition) is 3. The van der Waals surface area contributed by atoms with Gasteiger partial charge in [0.15, 0.2) is 5.78 Å². The molecule has 1 atom stereocenters. The number of hydrogen-bond donors (Lipinski definition) is 1. The highest BCUT2D eigenvalue weighted by atomic mass is 32.2. The van der Waals surface area contributed by atoms with E-state index in [-0.39, 0.29) is 11.4 Å². The van der Waals surface area contributed by atoms with Crippen LogP contribution in [0.3, 0.4) is 0 Å². The predicted molar refractivity (Wildman–Crippen MR) is 63.3 cm³/mol. The molecule has 3 nitrogen and oxygen atoms in total. The zero-order chi connectivity index (χ0) is 11.7. The number of carboxylic acid groups (broad SMARTS) is 1. The van der Waals surface area contributed by atoms with Gasteiger partial charge in [0.25, 0.3) is 0 Å². The molecule has 82 valence electrons. The van der Waals surface area contributed by atoms with E-state index < -0.39 is 11.2 Å². The van der Waals surface area contributed by atoms with E-state index in [1.165, 1.54) is 17.8 Å². The molecule has 0 saturated carbocycles. The fraction of sp³-hybridized carbons (Fsp3) is 0.167. The predicted octanol–water partition coefficient (Wildman–Crippen LogP) is 2.14. The number of ketones is 1. The third kappa shape index (κ3) is 1.65. The number of benzene rings is 1. The Morgan fingerprint density at radius 2 is 2.06 bits per heavy atom. The van der Waals surface area contributed by atoms with Crippen LogP contribution in [0.25, 0.3) is 6.08 Å². The molecule has 4 heteroatoms. The molecule has 1 aromatic carbocycles. The zero-order valence-electron chi connectivity index (χ0n) is 8.64. The molecule has 0 aromatic heterocycles. The normalized spacial score (nSPS) is 18.9. The summed E-state index contributed by atoms with van der Waals surface area (Å²) in [6.07, 6.45) is 3.26. The molecule has 0 saturated heterocycles. The fourth-order valence-electron chi connectivity index (χ4n) is 1.79. The van der Waals surface area contributed by atoms with E-state index in [0.717, 1.165) is 11.1 Å². The number of carbonyl (C=O) groups is 2. The topological polar surface area (TPSA) is 54.4 Å². The van der Waals surface area contributed by atoms with Crippen molar-refractivity contribution in [1.29, 1.82) is 0 Å². The van der Waals surface area contributed by atoms with Gasteiger partial charge in [-0.1, -0.05) is 24.3 Å². The molecular weight excluding hydrogens is 224 g/mol. The largest absolute Gasteiger partial charge is 0.478 e. The molecule has 16 heavy (non-hydrogen) atoms. The summed E-state index contributed by atoms with van der Waals surface area (Å²) >= 11 is 1.36. The van der Waals surface area contributed by atoms with Gasteiger partial charge in [-0.15, -0.1) is 11.8 Å². The fourth-order valence-corrected chi connectivity index (χ4v) is 2.60. The summed E-state index contributed by atoms with van der Waals surface area (Å²) in [5.41, 5.74) is 1.59. The Hall–Kier alpha value is -1.55. The van der Waals surface area contributed by atoms with E-state index in [2.05, 4.69) is 0 Å². The van der Waals surface area contributed by atoms with Gasteiger partial charge in [0.05, 0.1) is 5.25 Å². The van der Waals surface area contributed by atoms with Crippen LogP contribution in [0, 0.1) is 0 Å². The second-order valence-electron chi connectivity index (χ2n) is 3.47. The highest BCUT2D eigenvalue weighted by Gasteiger charge is 2.32. The SMILES string of the molecule is CSC1C(=O)C(C(=O)O)=Cc2ccccc21. The number of thioether (sulfide) groups is 1. The number of carboxylic acids is 1. The molecular formula is C12H10O3S. The minimum absolute atomic E-state index is 0.127. The van der Waals surface area contributed by atoms with Gasteiger partial charge in [-0.25, -0.2) is 4.79 Å². The molecule has 0 amide bonds. The van der Waals surface area contributed by atoms with E-state index >= 15 is 0 Å². The van der Waals surface area contributed by atoms with E-state index in [4.69, 9.17) is 5.11 Å². The first kappa shape index (κ1) is 11.0. The van der Waals surface area contributed by atoms with Crippen LogP contribution in [0.5, 0.6) is 0 Å². The van der Waals surface area contributed by atoms with Gasteiger partial charge in [0, 0.05) is 0 Å². The average molecular weight is 234 g/mol. The van der Waals surface area contributed by atoms with Crippen molar-refractivity contribution in [2.24, 2.45) is 0 Å². The maximum absolute atomic E-state index is 11.9. The molecule has 0 heterocycles. The smallest absolute Gasteiger partial charge is 0.339 e. The lowest BCUT2D eigenvalue weighted by Crippen LogP contribution is -2.21. The van der Waals surface area contributed by atoms with Gasteiger partial charge < -0.3 is 5.11 Å². The van der Waals surface area contributed by atoms with E-state index in [9.17, 15) is 9.59 Å². The first-order chi connectivity index (χ1) is 7.65. The summed E-state index contributed by atoms with van der Waals surface area (Å²) in [6, 6.07) is 7.38. The van der Waals surface area contributed by atoms with Crippen LogP contribution >= 0.6 is 11.8 Å². The van der Waals surface area contributed by atoms with Gasteiger partial charge in [0.1, 0.15) is 5.57 Å². The van der Waals surface area contributed by atoms with Crippen molar-refractivity contribution in [3.63, 3.8) is 0 Å². The van der Waals surface area contributed by atoms with Gasteiger partial charge in [-0.3, -0.25) is 4.79 Å². The van der Waals surface area contributed by atoms with Gasteiger partial charge in [0.2, 0.25) is 0 Å². The van der Waals surface area contributed by atoms with Gasteiger partial charge in [-0.05, 0) is 23.5 Å². The molecule has 2 rings (SSSR count). The monoisotopic (exact) mass is 234 g/mol. The molecule has 1 aliphatic rings. The Morgan fingerprint density at radius 3 is 2.69 bits per heavy atom. The second-order valence-corrected chi connectivity index (χ2v) is 4.41. The van der Waals surface area contributed by atoms with Crippen LogP contribution in [0.4, 0.5) is 0 Å². The lowest BCUT2D eigenvalue weighted by atomic mass is 9.91. The molecule has 0 fully saturated rings. The molecule has 1 N–H and O–H groups in total. The minimum atomic E-state index is -1.15. The molecule has 0 radical (unpaired) electrons. The third-order valence-electron chi connectivity index (χ3n) is 2.55. The quantitative estimate of drug-likeness (QED) is 0.796.